The summed E-state index contributed by atoms with van der Waals surface area (Å²) < 4.78 is 0. The van der Waals surface area contributed by atoms with Gasteiger partial charge in [0.05, 0.1) is 5.41 Å². The van der Waals surface area contributed by atoms with Crippen molar-refractivity contribution in [2.75, 3.05) is 0 Å². The molecule has 2 nitrogen and oxygen atoms in total. The highest BCUT2D eigenvalue weighted by Crippen LogP contribution is 2.27. The fraction of sp³-hybridized carbons (Fsp3) is 0.421. The zero-order chi connectivity index (χ0) is 15.7. The van der Waals surface area contributed by atoms with Crippen LogP contribution in [0.5, 0.6) is 0 Å². The highest BCUT2D eigenvalue weighted by molar-refractivity contribution is 5.74. The number of carboxylic acids is 1. The molecule has 1 atom stereocenters. The third kappa shape index (κ3) is 5.99. The minimum atomic E-state index is -0.758. The molecular weight excluding hydrogens is 260 g/mol. The lowest BCUT2D eigenvalue weighted by Gasteiger charge is -2.24. The molecule has 1 unspecified atom stereocenters. The molecule has 0 radical (unpaired) electrons. The number of aryl methyl sites for hydroxylation is 1. The van der Waals surface area contributed by atoms with Crippen LogP contribution in [-0.2, 0) is 11.2 Å². The van der Waals surface area contributed by atoms with Crippen molar-refractivity contribution in [3.05, 3.63) is 60.2 Å². The number of carbonyl (C=O) groups is 1. The van der Waals surface area contributed by atoms with Crippen molar-refractivity contribution in [1.29, 1.82) is 0 Å². The van der Waals surface area contributed by atoms with Crippen LogP contribution >= 0.6 is 0 Å². The van der Waals surface area contributed by atoms with Gasteiger partial charge >= 0.3 is 5.97 Å². The lowest BCUT2D eigenvalue weighted by molar-refractivity contribution is -0.148. The monoisotopic (exact) mass is 286 g/mol. The van der Waals surface area contributed by atoms with Gasteiger partial charge in [0.25, 0.3) is 0 Å². The maximum Gasteiger partial charge on any atom is 0.309 e. The molecule has 1 aromatic rings. The lowest BCUT2D eigenvalue weighted by Crippen LogP contribution is -2.29. The van der Waals surface area contributed by atoms with Crippen molar-refractivity contribution < 1.29 is 9.90 Å². The highest BCUT2D eigenvalue weighted by Gasteiger charge is 2.31. The van der Waals surface area contributed by atoms with Gasteiger partial charge < -0.3 is 5.11 Å². The van der Waals surface area contributed by atoms with Crippen molar-refractivity contribution in [1.82, 2.24) is 0 Å². The summed E-state index contributed by atoms with van der Waals surface area (Å²) in [5.74, 6) is -0.754. The van der Waals surface area contributed by atoms with Crippen LogP contribution in [0, 0.1) is 11.3 Å². The molecule has 0 aliphatic rings. The van der Waals surface area contributed by atoms with Gasteiger partial charge in [0.15, 0.2) is 0 Å². The molecule has 0 bridgehead atoms. The third-order valence-electron chi connectivity index (χ3n) is 4.02. The molecule has 0 saturated carbocycles. The Morgan fingerprint density at radius 2 is 1.90 bits per heavy atom. The lowest BCUT2D eigenvalue weighted by atomic mass is 9.80. The summed E-state index contributed by atoms with van der Waals surface area (Å²) in [4.78, 5) is 11.1. The van der Waals surface area contributed by atoms with Gasteiger partial charge in [0.2, 0.25) is 0 Å². The van der Waals surface area contributed by atoms with Crippen LogP contribution in [0.3, 0.4) is 0 Å². The molecule has 1 rings (SSSR count). The molecule has 0 aliphatic carbocycles. The number of carboxylic acid groups (broad SMARTS) is 1. The first-order valence-electron chi connectivity index (χ1n) is 7.55. The molecule has 2 heteroatoms. The van der Waals surface area contributed by atoms with E-state index in [1.165, 1.54) is 5.56 Å². The molecule has 0 aliphatic heterocycles. The minimum absolute atomic E-state index is 0.00367. The van der Waals surface area contributed by atoms with Crippen LogP contribution in [-0.4, -0.2) is 11.1 Å². The van der Waals surface area contributed by atoms with Gasteiger partial charge in [-0.2, -0.15) is 0 Å². The summed E-state index contributed by atoms with van der Waals surface area (Å²) in [5.41, 5.74) is 0.649. The van der Waals surface area contributed by atoms with Crippen LogP contribution in [0.4, 0.5) is 0 Å². The summed E-state index contributed by atoms with van der Waals surface area (Å²) >= 11 is 0. The highest BCUT2D eigenvalue weighted by atomic mass is 16.4. The first-order valence-corrected chi connectivity index (χ1v) is 7.55. The van der Waals surface area contributed by atoms with Gasteiger partial charge in [-0.3, -0.25) is 4.79 Å². The average Bonchev–Trinajstić information content (AvgIpc) is 2.46. The zero-order valence-corrected chi connectivity index (χ0v) is 13.3. The summed E-state index contributed by atoms with van der Waals surface area (Å²) in [6, 6.07) is 10.5. The first kappa shape index (κ1) is 17.2. The molecule has 0 amide bonds. The van der Waals surface area contributed by atoms with Crippen LogP contribution in [0.2, 0.25) is 0 Å². The summed E-state index contributed by atoms with van der Waals surface area (Å²) in [6.45, 7) is 5.45. The van der Waals surface area contributed by atoms with E-state index < -0.39 is 11.4 Å². The topological polar surface area (TPSA) is 37.3 Å². The molecule has 21 heavy (non-hydrogen) atoms. The van der Waals surface area contributed by atoms with E-state index in [0.29, 0.717) is 0 Å². The van der Waals surface area contributed by atoms with Crippen molar-refractivity contribution in [2.45, 2.75) is 40.0 Å². The number of hydrogen-bond acceptors (Lipinski definition) is 1. The Morgan fingerprint density at radius 3 is 2.52 bits per heavy atom. The summed E-state index contributed by atoms with van der Waals surface area (Å²) in [7, 11) is 0. The van der Waals surface area contributed by atoms with E-state index in [4.69, 9.17) is 5.11 Å². The van der Waals surface area contributed by atoms with Crippen molar-refractivity contribution in [3.63, 3.8) is 0 Å². The predicted molar refractivity (Wildman–Crippen MR) is 88.2 cm³/mol. The average molecular weight is 286 g/mol. The second-order valence-corrected chi connectivity index (χ2v) is 6.01. The second-order valence-electron chi connectivity index (χ2n) is 6.01. The number of aliphatic carboxylic acids is 1. The van der Waals surface area contributed by atoms with Gasteiger partial charge in [0, 0.05) is 0 Å². The van der Waals surface area contributed by atoms with E-state index in [9.17, 15) is 4.79 Å². The van der Waals surface area contributed by atoms with Crippen LogP contribution in [0.25, 0.3) is 0 Å². The first-order chi connectivity index (χ1) is 9.94. The number of unbranched alkanes of at least 4 members (excludes halogenated alkanes) is 1. The predicted octanol–water partition coefficient (Wildman–Crippen LogP) is 4.87. The molecule has 114 valence electrons. The Bertz CT molecular complexity index is 484. The number of allylic oxidation sites excluding steroid dienone is 4. The van der Waals surface area contributed by atoms with Crippen LogP contribution in [0.1, 0.15) is 39.2 Å². The zero-order valence-electron chi connectivity index (χ0n) is 13.3. The summed E-state index contributed by atoms with van der Waals surface area (Å²) in [5, 5.41) is 9.14. The Hall–Kier alpha value is -1.83. The fourth-order valence-electron chi connectivity index (χ4n) is 1.91. The quantitative estimate of drug-likeness (QED) is 0.547. The van der Waals surface area contributed by atoms with Crippen LogP contribution in [0.15, 0.2) is 54.6 Å². The molecule has 1 N–H and O–H groups in total. The Morgan fingerprint density at radius 1 is 1.24 bits per heavy atom. The number of hydrogen-bond donors (Lipinski definition) is 1. The maximum absolute atomic E-state index is 11.1. The molecule has 1 aromatic carbocycles. The molecular formula is C19H26O2. The largest absolute Gasteiger partial charge is 0.481 e. The molecule has 0 saturated heterocycles. The van der Waals surface area contributed by atoms with Crippen molar-refractivity contribution in [3.8, 4) is 0 Å². The second kappa shape index (κ2) is 8.46. The molecule has 0 aromatic heterocycles. The van der Waals surface area contributed by atoms with E-state index in [-0.39, 0.29) is 5.92 Å². The Kier molecular flexibility index (Phi) is 6.93. The van der Waals surface area contributed by atoms with Crippen LogP contribution < -0.4 is 0 Å². The molecule has 0 fully saturated rings. The van der Waals surface area contributed by atoms with Gasteiger partial charge in [-0.05, 0) is 44.6 Å². The van der Waals surface area contributed by atoms with Crippen molar-refractivity contribution >= 4 is 5.97 Å². The fourth-order valence-corrected chi connectivity index (χ4v) is 1.91. The number of benzene rings is 1. The molecule has 0 spiro atoms. The summed E-state index contributed by atoms with van der Waals surface area (Å²) in [6.07, 6.45) is 11.3. The number of rotatable bonds is 8. The van der Waals surface area contributed by atoms with Gasteiger partial charge in [-0.1, -0.05) is 61.6 Å². The van der Waals surface area contributed by atoms with Crippen molar-refractivity contribution in [2.24, 2.45) is 11.3 Å². The smallest absolute Gasteiger partial charge is 0.309 e. The standard InChI is InChI=1S/C19H26O2/c1-16(19(2,3)18(20)21)12-8-5-4-6-9-13-17-14-10-7-11-15-17/h4-5,7-8,10-12,14-16H,6,9,13H2,1-3H3,(H,20,21). The van der Waals surface area contributed by atoms with E-state index in [1.807, 2.05) is 31.2 Å². The molecule has 0 heterocycles. The van der Waals surface area contributed by atoms with Gasteiger partial charge in [-0.15, -0.1) is 0 Å². The normalized spacial score (nSPS) is 13.9. The minimum Gasteiger partial charge on any atom is -0.481 e. The third-order valence-corrected chi connectivity index (χ3v) is 4.02. The van der Waals surface area contributed by atoms with E-state index in [2.05, 4.69) is 30.3 Å². The Balaban J connectivity index is 2.28. The van der Waals surface area contributed by atoms with Gasteiger partial charge in [-0.25, -0.2) is 0 Å². The van der Waals surface area contributed by atoms with E-state index in [1.54, 1.807) is 13.8 Å². The van der Waals surface area contributed by atoms with E-state index in [0.717, 1.165) is 19.3 Å². The Labute approximate surface area is 128 Å². The van der Waals surface area contributed by atoms with E-state index >= 15 is 0 Å². The maximum atomic E-state index is 11.1. The van der Waals surface area contributed by atoms with Gasteiger partial charge in [0.1, 0.15) is 0 Å². The SMILES string of the molecule is CC(C=CC=CCCCc1ccccc1)C(C)(C)C(=O)O.